The Kier molecular flexibility index (Phi) is 6.07. The summed E-state index contributed by atoms with van der Waals surface area (Å²) in [6.45, 7) is 4.21. The topological polar surface area (TPSA) is 83.5 Å². The summed E-state index contributed by atoms with van der Waals surface area (Å²) in [6, 6.07) is 7.92. The molecule has 0 saturated carbocycles. The molecule has 2 saturated heterocycles. The highest BCUT2D eigenvalue weighted by atomic mass is 35.5. The van der Waals surface area contributed by atoms with Crippen molar-refractivity contribution in [2.75, 3.05) is 19.6 Å². The number of nitrogens with one attached hydrogen (secondary N) is 2. The number of aromatic nitrogens is 1. The second-order valence-electron chi connectivity index (χ2n) is 8.59. The zero-order chi connectivity index (χ0) is 22.2. The molecule has 1 aromatic carbocycles. The molecule has 2 aliphatic rings. The molecule has 6 nitrogen and oxygen atoms in total. The predicted octanol–water partition coefficient (Wildman–Crippen LogP) is 3.71. The Morgan fingerprint density at radius 3 is 2.91 bits per heavy atom. The third-order valence-electron chi connectivity index (χ3n) is 6.24. The zero-order valence-corrected chi connectivity index (χ0v) is 19.4. The number of halogens is 1. The first-order chi connectivity index (χ1) is 15.5. The molecular weight excluding hydrogens is 446 g/mol. The molecule has 1 amide bonds. The van der Waals surface area contributed by atoms with Gasteiger partial charge in [0.15, 0.2) is 0 Å². The Bertz CT molecular complexity index is 1160. The van der Waals surface area contributed by atoms with Gasteiger partial charge in [-0.25, -0.2) is 0 Å². The summed E-state index contributed by atoms with van der Waals surface area (Å²) >= 11 is 8.08. The van der Waals surface area contributed by atoms with Crippen molar-refractivity contribution >= 4 is 39.1 Å². The van der Waals surface area contributed by atoms with E-state index in [0.29, 0.717) is 18.0 Å². The molecule has 3 aromatic rings. The highest BCUT2D eigenvalue weighted by Gasteiger charge is 2.33. The van der Waals surface area contributed by atoms with Crippen LogP contribution in [0.4, 0.5) is 0 Å². The van der Waals surface area contributed by atoms with Crippen LogP contribution in [0, 0.1) is 12.8 Å². The normalized spacial score (nSPS) is 23.5. The number of thiophene rings is 1. The number of hydrogen-bond donors (Lipinski definition) is 3. The molecule has 168 valence electrons. The molecule has 3 N–H and O–H groups in total. The van der Waals surface area contributed by atoms with E-state index in [1.807, 2.05) is 31.2 Å². The average molecular weight is 472 g/mol. The fraction of sp³-hybridized carbons (Fsp3) is 0.417. The lowest BCUT2D eigenvalue weighted by molar-refractivity contribution is -0.123. The number of aliphatic hydroxyl groups is 1. The number of rotatable bonds is 5. The maximum Gasteiger partial charge on any atom is 0.226 e. The van der Waals surface area contributed by atoms with E-state index < -0.39 is 12.0 Å². The van der Waals surface area contributed by atoms with Crippen LogP contribution in [0.3, 0.4) is 0 Å². The van der Waals surface area contributed by atoms with Gasteiger partial charge in [0.1, 0.15) is 11.9 Å². The Morgan fingerprint density at radius 1 is 1.28 bits per heavy atom. The van der Waals surface area contributed by atoms with Crippen molar-refractivity contribution < 1.29 is 14.6 Å². The highest BCUT2D eigenvalue weighted by Crippen LogP contribution is 2.42. The Morgan fingerprint density at radius 2 is 2.16 bits per heavy atom. The van der Waals surface area contributed by atoms with E-state index >= 15 is 0 Å². The van der Waals surface area contributed by atoms with E-state index in [4.69, 9.17) is 16.3 Å². The lowest BCUT2D eigenvalue weighted by atomic mass is 10.00. The fourth-order valence-electron chi connectivity index (χ4n) is 4.57. The number of piperidine rings is 1. The zero-order valence-electron chi connectivity index (χ0n) is 17.9. The quantitative estimate of drug-likeness (QED) is 0.528. The average Bonchev–Trinajstić information content (AvgIpc) is 3.34. The van der Waals surface area contributed by atoms with Crippen molar-refractivity contribution in [3.05, 3.63) is 45.9 Å². The van der Waals surface area contributed by atoms with Crippen LogP contribution in [0.5, 0.6) is 5.75 Å². The van der Waals surface area contributed by atoms with Crippen LogP contribution in [0.15, 0.2) is 30.5 Å². The largest absolute Gasteiger partial charge is 0.488 e. The first kappa shape index (κ1) is 21.6. The summed E-state index contributed by atoms with van der Waals surface area (Å²) in [4.78, 5) is 17.7. The van der Waals surface area contributed by atoms with E-state index in [0.717, 1.165) is 63.5 Å². The van der Waals surface area contributed by atoms with Gasteiger partial charge in [-0.15, -0.1) is 11.3 Å². The number of carbonyl (C=O) groups is 1. The van der Waals surface area contributed by atoms with Crippen LogP contribution in [-0.4, -0.2) is 47.8 Å². The number of aryl methyl sites for hydroxylation is 1. The number of nitrogens with zero attached hydrogens (tertiary/aromatic N) is 1. The number of fused-ring (bicyclic) bond motifs is 1. The maximum atomic E-state index is 12.1. The first-order valence-electron chi connectivity index (χ1n) is 11.0. The number of β-amino-alcohol motifs (C(OH)–C–C–N with tert-alkyl or cyclic N) is 1. The molecule has 0 aliphatic carbocycles. The van der Waals surface area contributed by atoms with Gasteiger partial charge in [-0.05, 0) is 62.6 Å². The minimum Gasteiger partial charge on any atom is -0.488 e. The van der Waals surface area contributed by atoms with Gasteiger partial charge in [0.25, 0.3) is 0 Å². The van der Waals surface area contributed by atoms with E-state index in [-0.39, 0.29) is 12.0 Å². The van der Waals surface area contributed by atoms with Crippen molar-refractivity contribution in [2.24, 2.45) is 5.92 Å². The highest BCUT2D eigenvalue weighted by molar-refractivity contribution is 7.19. The van der Waals surface area contributed by atoms with Crippen LogP contribution in [-0.2, 0) is 11.2 Å². The minimum atomic E-state index is -0.653. The Hall–Kier alpha value is -2.19. The second kappa shape index (κ2) is 8.98. The molecular formula is C24H26ClN3O3S. The van der Waals surface area contributed by atoms with Gasteiger partial charge >= 0.3 is 0 Å². The molecule has 8 heteroatoms. The van der Waals surface area contributed by atoms with Gasteiger partial charge < -0.3 is 20.5 Å². The van der Waals surface area contributed by atoms with Crippen molar-refractivity contribution in [1.29, 1.82) is 0 Å². The lowest BCUT2D eigenvalue weighted by Gasteiger charge is -2.26. The monoisotopic (exact) mass is 471 g/mol. The van der Waals surface area contributed by atoms with Crippen molar-refractivity contribution in [2.45, 2.75) is 38.4 Å². The van der Waals surface area contributed by atoms with Crippen LogP contribution >= 0.6 is 22.9 Å². The number of amides is 1. The molecule has 5 rings (SSSR count). The molecule has 2 aromatic heterocycles. The van der Waals surface area contributed by atoms with E-state index in [2.05, 4.69) is 15.6 Å². The first-order valence-corrected chi connectivity index (χ1v) is 12.2. The van der Waals surface area contributed by atoms with Gasteiger partial charge in [0, 0.05) is 40.3 Å². The van der Waals surface area contributed by atoms with Crippen LogP contribution in [0.1, 0.15) is 23.3 Å². The van der Waals surface area contributed by atoms with Crippen molar-refractivity contribution in [3.63, 3.8) is 0 Å². The number of hydrogen-bond acceptors (Lipinski definition) is 6. The SMILES string of the molecule is Cc1cc(Cl)cc(-c2ccnc3cc(CC4C(=O)NCC4O)sc23)c1O[C@H]1CCCNC1. The smallest absolute Gasteiger partial charge is 0.226 e. The third-order valence-corrected chi connectivity index (χ3v) is 7.63. The van der Waals surface area contributed by atoms with Crippen molar-refractivity contribution in [3.8, 4) is 16.9 Å². The molecule has 0 spiro atoms. The predicted molar refractivity (Wildman–Crippen MR) is 128 cm³/mol. The summed E-state index contributed by atoms with van der Waals surface area (Å²) in [6.07, 6.45) is 3.89. The summed E-state index contributed by atoms with van der Waals surface area (Å²) in [5, 5.41) is 17.0. The minimum absolute atomic E-state index is 0.0922. The number of benzene rings is 1. The summed E-state index contributed by atoms with van der Waals surface area (Å²) in [7, 11) is 0. The van der Waals surface area contributed by atoms with Crippen LogP contribution < -0.4 is 15.4 Å². The van der Waals surface area contributed by atoms with Gasteiger partial charge in [0.2, 0.25) is 5.91 Å². The van der Waals surface area contributed by atoms with E-state index in [1.54, 1.807) is 17.5 Å². The summed E-state index contributed by atoms with van der Waals surface area (Å²) < 4.78 is 7.53. The number of aliphatic hydroxyl groups excluding tert-OH is 1. The Balaban J connectivity index is 1.54. The summed E-state index contributed by atoms with van der Waals surface area (Å²) in [5.41, 5.74) is 3.86. The van der Waals surface area contributed by atoms with Crippen LogP contribution in [0.2, 0.25) is 5.02 Å². The number of ether oxygens (including phenoxy) is 1. The molecule has 2 unspecified atom stereocenters. The lowest BCUT2D eigenvalue weighted by Crippen LogP contribution is -2.37. The van der Waals surface area contributed by atoms with Crippen molar-refractivity contribution in [1.82, 2.24) is 15.6 Å². The molecule has 32 heavy (non-hydrogen) atoms. The van der Waals surface area contributed by atoms with Crippen LogP contribution in [0.25, 0.3) is 21.3 Å². The molecule has 0 radical (unpaired) electrons. The van der Waals surface area contributed by atoms with E-state index in [1.165, 1.54) is 0 Å². The standard InChI is InChI=1S/C24H26ClN3O3S/c1-13-7-14(25)8-18(22(13)31-15-3-2-5-26-11-15)17-4-6-27-20-10-16(32-23(17)20)9-19-21(29)12-28-24(19)30/h4,6-8,10,15,19,21,26,29H,2-3,5,9,11-12H2,1H3,(H,28,30)/t15-,19?,21?/m0/s1. The number of carbonyl (C=O) groups excluding carboxylic acids is 1. The molecule has 2 aliphatic heterocycles. The summed E-state index contributed by atoms with van der Waals surface area (Å²) in [5.74, 6) is 0.346. The van der Waals surface area contributed by atoms with E-state index in [9.17, 15) is 9.90 Å². The molecule has 3 atom stereocenters. The van der Waals surface area contributed by atoms with Gasteiger partial charge in [-0.1, -0.05) is 11.6 Å². The van der Waals surface area contributed by atoms with Gasteiger partial charge in [0.05, 0.1) is 22.2 Å². The fourth-order valence-corrected chi connectivity index (χ4v) is 6.04. The second-order valence-corrected chi connectivity index (χ2v) is 10.2. The third kappa shape index (κ3) is 4.22. The Labute approximate surface area is 196 Å². The molecule has 2 fully saturated rings. The van der Waals surface area contributed by atoms with Gasteiger partial charge in [-0.3, -0.25) is 9.78 Å². The molecule has 0 bridgehead atoms. The van der Waals surface area contributed by atoms with Gasteiger partial charge in [-0.2, -0.15) is 0 Å². The maximum absolute atomic E-state index is 12.1. The molecule has 4 heterocycles. The number of pyridine rings is 1.